The zero-order valence-electron chi connectivity index (χ0n) is 26.2. The molecule has 0 aliphatic carbocycles. The first-order valence-corrected chi connectivity index (χ1v) is 16.5. The molecule has 2 heterocycles. The van der Waals surface area contributed by atoms with Crippen LogP contribution in [-0.4, -0.2) is 79.9 Å². The minimum atomic E-state index is -4.64. The maximum absolute atomic E-state index is 13.6. The summed E-state index contributed by atoms with van der Waals surface area (Å²) in [4.78, 5) is 28.1. The van der Waals surface area contributed by atoms with Crippen LogP contribution in [0.4, 0.5) is 24.8 Å². The Balaban J connectivity index is 1.80. The number of hydrogen-bond acceptors (Lipinski definition) is 8. The predicted molar refractivity (Wildman–Crippen MR) is 165 cm³/mol. The third-order valence-electron chi connectivity index (χ3n) is 8.03. The molecule has 0 bridgehead atoms. The highest BCUT2D eigenvalue weighted by molar-refractivity contribution is 7.90. The number of methoxy groups -OCH3 is 1. The van der Waals surface area contributed by atoms with Gasteiger partial charge in [0.15, 0.2) is 0 Å². The van der Waals surface area contributed by atoms with Gasteiger partial charge in [0.05, 0.1) is 62.8 Å². The highest BCUT2D eigenvalue weighted by atomic mass is 32.2. The molecular weight excluding hydrogens is 625 g/mol. The number of nitriles is 1. The zero-order chi connectivity index (χ0) is 34.0. The molecule has 3 aromatic rings. The molecule has 1 atom stereocenters. The number of aromatic amines is 1. The second-order valence-corrected chi connectivity index (χ2v) is 14.2. The van der Waals surface area contributed by atoms with Gasteiger partial charge in [-0.3, -0.25) is 4.90 Å². The van der Waals surface area contributed by atoms with Gasteiger partial charge in [0, 0.05) is 30.5 Å². The number of ether oxygens (including phenoxy) is 1. The van der Waals surface area contributed by atoms with Crippen LogP contribution in [0.15, 0.2) is 58.5 Å². The van der Waals surface area contributed by atoms with Gasteiger partial charge in [-0.05, 0) is 54.8 Å². The molecule has 246 valence electrons. The number of fused-ring (bicyclic) bond motifs is 1. The molecule has 1 N–H and O–H groups in total. The van der Waals surface area contributed by atoms with Gasteiger partial charge in [-0.1, -0.05) is 12.1 Å². The number of nitrogens with zero attached hydrogens (tertiary/aromatic N) is 5. The van der Waals surface area contributed by atoms with Crippen molar-refractivity contribution in [3.8, 4) is 6.07 Å². The van der Waals surface area contributed by atoms with Crippen LogP contribution >= 0.6 is 0 Å². The Labute approximate surface area is 265 Å². The minimum Gasteiger partial charge on any atom is -0.466 e. The highest BCUT2D eigenvalue weighted by Crippen LogP contribution is 2.43. The number of benzene rings is 2. The number of hydrogen-bond donors (Lipinski definition) is 1. The topological polar surface area (TPSA) is 138 Å². The number of allylic oxidation sites excluding steroid dienone is 1. The fraction of sp³-hybridized carbons (Fsp3) is 0.419. The van der Waals surface area contributed by atoms with Gasteiger partial charge >= 0.3 is 17.8 Å². The standard InChI is InChI=1S/C31H35F3N6O5S/c1-20-26(28(41)45-4)27(39-29(36-37-30(39)42)38(20)24-11-6-10-23(18-24)31(32,33)34)25-13-12-21(19-35)17-22(25)9-7-14-40(2,3)15-8-16-46(5,43)44/h6,10-13,17-18,27H,7-9,14-16H2,1-5H3/p+1. The number of sulfone groups is 1. The van der Waals surface area contributed by atoms with Crippen LogP contribution in [0.25, 0.3) is 0 Å². The van der Waals surface area contributed by atoms with E-state index in [-0.39, 0.29) is 28.7 Å². The van der Waals surface area contributed by atoms with E-state index in [2.05, 4.69) is 16.3 Å². The molecule has 0 saturated heterocycles. The van der Waals surface area contributed by atoms with Crippen LogP contribution in [0.2, 0.25) is 0 Å². The van der Waals surface area contributed by atoms with Gasteiger partial charge in [0.25, 0.3) is 0 Å². The summed E-state index contributed by atoms with van der Waals surface area (Å²) in [5.74, 6) is -0.734. The van der Waals surface area contributed by atoms with Crippen molar-refractivity contribution in [3.05, 3.63) is 86.5 Å². The number of nitrogens with one attached hydrogen (secondary N) is 1. The summed E-state index contributed by atoms with van der Waals surface area (Å²) >= 11 is 0. The lowest BCUT2D eigenvalue weighted by Gasteiger charge is -2.36. The number of quaternary nitrogens is 1. The SMILES string of the molecule is COC(=O)C1=C(C)N(c2cccc(C(F)(F)F)c2)c2n[nH]c(=O)n2C1c1ccc(C#N)cc1CCC[N+](C)(C)CCCS(C)(=O)=O. The first-order valence-electron chi connectivity index (χ1n) is 14.4. The number of esters is 1. The molecule has 0 fully saturated rings. The summed E-state index contributed by atoms with van der Waals surface area (Å²) in [6, 6.07) is 10.4. The largest absolute Gasteiger partial charge is 0.466 e. The molecule has 0 radical (unpaired) electrons. The third kappa shape index (κ3) is 7.51. The van der Waals surface area contributed by atoms with Gasteiger partial charge in [0.2, 0.25) is 5.95 Å². The lowest BCUT2D eigenvalue weighted by Crippen LogP contribution is -2.42. The van der Waals surface area contributed by atoms with Crippen LogP contribution in [0.3, 0.4) is 0 Å². The van der Waals surface area contributed by atoms with E-state index in [1.165, 1.54) is 35.0 Å². The maximum atomic E-state index is 13.6. The van der Waals surface area contributed by atoms with E-state index in [4.69, 9.17) is 4.74 Å². The Hall–Kier alpha value is -4.42. The van der Waals surface area contributed by atoms with E-state index in [1.54, 1.807) is 25.1 Å². The van der Waals surface area contributed by atoms with Gasteiger partial charge in [-0.25, -0.2) is 27.7 Å². The Morgan fingerprint density at radius 3 is 2.48 bits per heavy atom. The molecular formula is C31H36F3N6O5S+. The lowest BCUT2D eigenvalue weighted by atomic mass is 9.88. The van der Waals surface area contributed by atoms with Crippen LogP contribution in [0.5, 0.6) is 0 Å². The van der Waals surface area contributed by atoms with Crippen molar-refractivity contribution in [2.75, 3.05) is 51.2 Å². The molecule has 11 nitrogen and oxygen atoms in total. The van der Waals surface area contributed by atoms with Crippen molar-refractivity contribution in [3.63, 3.8) is 0 Å². The number of aromatic nitrogens is 3. The monoisotopic (exact) mass is 661 g/mol. The molecule has 46 heavy (non-hydrogen) atoms. The molecule has 0 spiro atoms. The number of rotatable bonds is 11. The van der Waals surface area contributed by atoms with E-state index in [9.17, 15) is 36.4 Å². The summed E-state index contributed by atoms with van der Waals surface area (Å²) in [7, 11) is 2.09. The van der Waals surface area contributed by atoms with E-state index >= 15 is 0 Å². The summed E-state index contributed by atoms with van der Waals surface area (Å²) in [5.41, 5.74) is 0.197. The molecule has 0 saturated carbocycles. The van der Waals surface area contributed by atoms with E-state index in [0.29, 0.717) is 53.5 Å². The number of halogens is 3. The second kappa shape index (κ2) is 13.1. The van der Waals surface area contributed by atoms with Crippen molar-refractivity contribution in [2.45, 2.75) is 38.4 Å². The van der Waals surface area contributed by atoms with Crippen LogP contribution in [0.1, 0.15) is 48.1 Å². The van der Waals surface area contributed by atoms with E-state index in [0.717, 1.165) is 12.1 Å². The molecule has 1 aliphatic rings. The van der Waals surface area contributed by atoms with Crippen molar-refractivity contribution in [2.24, 2.45) is 0 Å². The lowest BCUT2D eigenvalue weighted by molar-refractivity contribution is -0.890. The molecule has 1 aromatic heterocycles. The Kier molecular flexibility index (Phi) is 9.83. The molecule has 1 aliphatic heterocycles. The number of H-pyrrole nitrogens is 1. The minimum absolute atomic E-state index is 0.0127. The fourth-order valence-corrected chi connectivity index (χ4v) is 6.45. The fourth-order valence-electron chi connectivity index (χ4n) is 5.80. The number of carbonyl (C=O) groups excluding carboxylic acids is 1. The van der Waals surface area contributed by atoms with Crippen LogP contribution < -0.4 is 10.6 Å². The number of carbonyl (C=O) groups is 1. The Bertz CT molecular complexity index is 1870. The van der Waals surface area contributed by atoms with E-state index in [1.807, 2.05) is 14.1 Å². The van der Waals surface area contributed by atoms with Gasteiger partial charge < -0.3 is 9.22 Å². The average molecular weight is 662 g/mol. The molecule has 4 rings (SSSR count). The van der Waals surface area contributed by atoms with Crippen molar-refractivity contribution >= 4 is 27.4 Å². The molecule has 1 unspecified atom stereocenters. The number of aryl methyl sites for hydroxylation is 1. The number of anilines is 2. The first-order chi connectivity index (χ1) is 21.5. The second-order valence-electron chi connectivity index (χ2n) is 12.0. The summed E-state index contributed by atoms with van der Waals surface area (Å²) in [6.45, 7) is 2.85. The summed E-state index contributed by atoms with van der Waals surface area (Å²) < 4.78 is 71.0. The summed E-state index contributed by atoms with van der Waals surface area (Å²) in [6.07, 6.45) is -1.86. The molecule has 2 aromatic carbocycles. The van der Waals surface area contributed by atoms with E-state index < -0.39 is 39.3 Å². The third-order valence-corrected chi connectivity index (χ3v) is 9.06. The average Bonchev–Trinajstić information content (AvgIpc) is 3.35. The molecule has 15 heteroatoms. The van der Waals surface area contributed by atoms with Crippen LogP contribution in [-0.2, 0) is 32.0 Å². The van der Waals surface area contributed by atoms with Crippen LogP contribution in [0, 0.1) is 11.3 Å². The quantitative estimate of drug-likeness (QED) is 0.240. The van der Waals surface area contributed by atoms with Crippen molar-refractivity contribution < 1.29 is 35.6 Å². The first kappa shape index (κ1) is 34.5. The smallest absolute Gasteiger partial charge is 0.416 e. The Morgan fingerprint density at radius 2 is 1.85 bits per heavy atom. The van der Waals surface area contributed by atoms with Crippen molar-refractivity contribution in [1.29, 1.82) is 5.26 Å². The zero-order valence-corrected chi connectivity index (χ0v) is 27.0. The summed E-state index contributed by atoms with van der Waals surface area (Å²) in [5, 5.41) is 16.2. The van der Waals surface area contributed by atoms with Gasteiger partial charge in [-0.15, -0.1) is 5.10 Å². The predicted octanol–water partition coefficient (Wildman–Crippen LogP) is 4.09. The Morgan fingerprint density at radius 1 is 1.15 bits per heavy atom. The van der Waals surface area contributed by atoms with Gasteiger partial charge in [-0.2, -0.15) is 18.4 Å². The number of alkyl halides is 3. The highest BCUT2D eigenvalue weighted by Gasteiger charge is 2.41. The normalized spacial score (nSPS) is 15.5. The molecule has 0 amide bonds. The van der Waals surface area contributed by atoms with Crippen molar-refractivity contribution in [1.82, 2.24) is 14.8 Å². The van der Waals surface area contributed by atoms with Gasteiger partial charge in [0.1, 0.15) is 15.9 Å². The maximum Gasteiger partial charge on any atom is 0.416 e.